The molecule has 0 amide bonds. The molecule has 4 heterocycles. The molecule has 4 unspecified atom stereocenters. The number of hydrogen-bond acceptors (Lipinski definition) is 8. The van der Waals surface area contributed by atoms with Gasteiger partial charge in [-0.3, -0.25) is 26.2 Å². The minimum Gasteiger partial charge on any atom is -0.335 e. The summed E-state index contributed by atoms with van der Waals surface area (Å²) in [5.74, 6) is 0. The van der Waals surface area contributed by atoms with Crippen LogP contribution in [0.4, 0.5) is 0 Å². The maximum atomic E-state index is 3.56. The average molecular weight is 309 g/mol. The van der Waals surface area contributed by atoms with Crippen LogP contribution in [0.15, 0.2) is 22.7 Å². The summed E-state index contributed by atoms with van der Waals surface area (Å²) >= 11 is 1.83. The van der Waals surface area contributed by atoms with E-state index < -0.39 is 0 Å². The predicted octanol–water partition coefficient (Wildman–Crippen LogP) is -1.47. The lowest BCUT2D eigenvalue weighted by molar-refractivity contribution is 0.171. The summed E-state index contributed by atoms with van der Waals surface area (Å²) in [6.45, 7) is 3.68. The van der Waals surface area contributed by atoms with Crippen molar-refractivity contribution >= 4 is 11.8 Å². The van der Waals surface area contributed by atoms with Gasteiger partial charge in [-0.25, -0.2) is 0 Å². The Hall–Kier alpha value is -0.610. The van der Waals surface area contributed by atoms with Gasteiger partial charge in [0.25, 0.3) is 0 Å². The molecule has 4 aliphatic rings. The molecule has 7 nitrogen and oxygen atoms in total. The van der Waals surface area contributed by atoms with E-state index in [0.29, 0.717) is 18.2 Å². The van der Waals surface area contributed by atoms with Crippen LogP contribution in [-0.4, -0.2) is 67.8 Å². The van der Waals surface area contributed by atoms with Gasteiger partial charge < -0.3 is 10.2 Å². The van der Waals surface area contributed by atoms with E-state index in [1.165, 1.54) is 4.91 Å². The average Bonchev–Trinajstić information content (AvgIpc) is 3.15. The lowest BCUT2D eigenvalue weighted by Gasteiger charge is -2.41. The summed E-state index contributed by atoms with van der Waals surface area (Å²) in [5, 5.41) is 19.6. The Labute approximate surface area is 129 Å². The maximum Gasteiger partial charge on any atom is 0.103 e. The number of nitrogens with one attached hydrogen (secondary N) is 5. The van der Waals surface area contributed by atoms with Crippen LogP contribution in [-0.2, 0) is 0 Å². The Morgan fingerprint density at radius 2 is 2.05 bits per heavy atom. The van der Waals surface area contributed by atoms with Gasteiger partial charge in [0.1, 0.15) is 6.17 Å². The van der Waals surface area contributed by atoms with Gasteiger partial charge in [0.05, 0.1) is 18.2 Å². The minimum atomic E-state index is 0.276. The fraction of sp³-hybridized carbons (Fsp3) is 0.692. The smallest absolute Gasteiger partial charge is 0.103 e. The molecule has 4 aliphatic heterocycles. The van der Waals surface area contributed by atoms with E-state index in [4.69, 9.17) is 0 Å². The van der Waals surface area contributed by atoms with Crippen LogP contribution < -0.4 is 26.6 Å². The second-order valence-electron chi connectivity index (χ2n) is 5.89. The van der Waals surface area contributed by atoms with Gasteiger partial charge in [0.15, 0.2) is 0 Å². The number of nitrogens with zero attached hydrogens (tertiary/aromatic N) is 2. The first-order valence-corrected chi connectivity index (χ1v) is 8.38. The molecule has 4 atom stereocenters. The van der Waals surface area contributed by atoms with Crippen molar-refractivity contribution in [1.29, 1.82) is 0 Å². The van der Waals surface area contributed by atoms with Crippen molar-refractivity contribution in [2.24, 2.45) is 0 Å². The van der Waals surface area contributed by atoms with Crippen LogP contribution in [0.3, 0.4) is 0 Å². The van der Waals surface area contributed by atoms with Crippen molar-refractivity contribution in [3.8, 4) is 0 Å². The number of thioether (sulfide) groups is 1. The van der Waals surface area contributed by atoms with Gasteiger partial charge >= 0.3 is 0 Å². The van der Waals surface area contributed by atoms with Crippen molar-refractivity contribution in [3.05, 3.63) is 22.7 Å². The Morgan fingerprint density at radius 3 is 2.86 bits per heavy atom. The zero-order chi connectivity index (χ0) is 14.2. The monoisotopic (exact) mass is 309 g/mol. The summed E-state index contributed by atoms with van der Waals surface area (Å²) in [4.78, 5) is 6.09. The summed E-state index contributed by atoms with van der Waals surface area (Å²) in [7, 11) is 2.18. The summed E-state index contributed by atoms with van der Waals surface area (Å²) < 4.78 is 0. The SMILES string of the molecule is CN1CNCC1C1=CN(C2NCNC3NCNC32)C=CS1. The Balaban J connectivity index is 1.52. The third kappa shape index (κ3) is 2.61. The zero-order valence-corrected chi connectivity index (χ0v) is 13.0. The van der Waals surface area contributed by atoms with Crippen molar-refractivity contribution in [1.82, 2.24) is 36.4 Å². The molecule has 0 spiro atoms. The second kappa shape index (κ2) is 5.88. The fourth-order valence-corrected chi connectivity index (χ4v) is 4.38. The zero-order valence-electron chi connectivity index (χ0n) is 12.2. The summed E-state index contributed by atoms with van der Waals surface area (Å²) in [6.07, 6.45) is 5.10. The van der Waals surface area contributed by atoms with Crippen LogP contribution in [0.5, 0.6) is 0 Å². The molecule has 0 radical (unpaired) electrons. The molecule has 21 heavy (non-hydrogen) atoms. The van der Waals surface area contributed by atoms with Gasteiger partial charge in [-0.1, -0.05) is 11.8 Å². The summed E-state index contributed by atoms with van der Waals surface area (Å²) in [5.41, 5.74) is 0. The number of rotatable bonds is 2. The quantitative estimate of drug-likeness (QED) is 0.424. The molecule has 0 aromatic rings. The van der Waals surface area contributed by atoms with Crippen molar-refractivity contribution in [2.45, 2.75) is 24.4 Å². The summed E-state index contributed by atoms with van der Waals surface area (Å²) in [6, 6.07) is 0.845. The molecule has 0 aromatic carbocycles. The number of likely N-dealkylation sites (N-methyl/N-ethyl adjacent to an activating group) is 1. The predicted molar refractivity (Wildman–Crippen MR) is 84.7 cm³/mol. The molecule has 4 rings (SSSR count). The van der Waals surface area contributed by atoms with Crippen LogP contribution in [0, 0.1) is 0 Å². The van der Waals surface area contributed by atoms with Crippen LogP contribution in [0.2, 0.25) is 0 Å². The third-order valence-corrected chi connectivity index (χ3v) is 5.49. The first-order chi connectivity index (χ1) is 10.3. The van der Waals surface area contributed by atoms with Crippen molar-refractivity contribution in [2.75, 3.05) is 33.6 Å². The van der Waals surface area contributed by atoms with Gasteiger partial charge in [-0.05, 0) is 12.5 Å². The first kappa shape index (κ1) is 14.0. The second-order valence-corrected chi connectivity index (χ2v) is 6.86. The Kier molecular flexibility index (Phi) is 3.92. The lowest BCUT2D eigenvalue weighted by Crippen LogP contribution is -2.67. The molecule has 0 aromatic heterocycles. The Bertz CT molecular complexity index is 454. The molecular weight excluding hydrogens is 286 g/mol. The maximum absolute atomic E-state index is 3.56. The van der Waals surface area contributed by atoms with Gasteiger partial charge in [0, 0.05) is 43.9 Å². The van der Waals surface area contributed by atoms with Crippen molar-refractivity contribution < 1.29 is 0 Å². The highest BCUT2D eigenvalue weighted by atomic mass is 32.2. The van der Waals surface area contributed by atoms with Crippen molar-refractivity contribution in [3.63, 3.8) is 0 Å². The molecule has 0 aliphatic carbocycles. The van der Waals surface area contributed by atoms with E-state index in [1.807, 2.05) is 11.8 Å². The molecule has 5 N–H and O–H groups in total. The fourth-order valence-electron chi connectivity index (χ4n) is 3.41. The standard InChI is InChI=1S/C13H23N7S/c1-19-8-14-4-9(19)10-5-20(2-3-21-10)13-11-12(16-6-15-11)17-7-18-13/h2-3,5,9,11-18H,4,6-8H2,1H3. The van der Waals surface area contributed by atoms with E-state index in [1.54, 1.807) is 0 Å². The highest BCUT2D eigenvalue weighted by Gasteiger charge is 2.39. The molecular formula is C13H23N7S. The Morgan fingerprint density at radius 1 is 1.19 bits per heavy atom. The normalized spacial score (nSPS) is 40.4. The van der Waals surface area contributed by atoms with E-state index in [2.05, 4.69) is 61.2 Å². The van der Waals surface area contributed by atoms with E-state index in [0.717, 1.165) is 26.6 Å². The molecule has 3 saturated heterocycles. The van der Waals surface area contributed by atoms with Crippen LogP contribution in [0.1, 0.15) is 0 Å². The molecule has 0 saturated carbocycles. The van der Waals surface area contributed by atoms with Crippen LogP contribution >= 0.6 is 11.8 Å². The highest BCUT2D eigenvalue weighted by Crippen LogP contribution is 2.30. The van der Waals surface area contributed by atoms with E-state index in [-0.39, 0.29) is 6.17 Å². The number of fused-ring (bicyclic) bond motifs is 1. The van der Waals surface area contributed by atoms with Gasteiger partial charge in [-0.2, -0.15) is 0 Å². The van der Waals surface area contributed by atoms with Gasteiger partial charge in [0.2, 0.25) is 0 Å². The van der Waals surface area contributed by atoms with Gasteiger partial charge in [-0.15, -0.1) is 0 Å². The number of hydrogen-bond donors (Lipinski definition) is 5. The molecule has 0 bridgehead atoms. The largest absolute Gasteiger partial charge is 0.335 e. The molecule has 8 heteroatoms. The van der Waals surface area contributed by atoms with Crippen LogP contribution in [0.25, 0.3) is 0 Å². The minimum absolute atomic E-state index is 0.276. The first-order valence-electron chi connectivity index (χ1n) is 7.50. The van der Waals surface area contributed by atoms with E-state index in [9.17, 15) is 0 Å². The van der Waals surface area contributed by atoms with E-state index >= 15 is 0 Å². The third-order valence-electron chi connectivity index (χ3n) is 4.59. The lowest BCUT2D eigenvalue weighted by atomic mass is 10.1. The molecule has 116 valence electrons. The molecule has 3 fully saturated rings. The highest BCUT2D eigenvalue weighted by molar-refractivity contribution is 8.05. The topological polar surface area (TPSA) is 66.6 Å².